The molecule has 1 nitrogen and oxygen atoms in total. The molecule has 2 N–H and O–H groups in total. The fourth-order valence-corrected chi connectivity index (χ4v) is 4.09. The Balaban J connectivity index is 2.18. The highest BCUT2D eigenvalue weighted by Gasteiger charge is 2.32. The number of hydrogen-bond donors (Lipinski definition) is 1. The second kappa shape index (κ2) is 5.53. The van der Waals surface area contributed by atoms with Crippen LogP contribution in [0.1, 0.15) is 49.5 Å². The monoisotopic (exact) mass is 251 g/mol. The van der Waals surface area contributed by atoms with Crippen LogP contribution >= 0.6 is 11.3 Å². The van der Waals surface area contributed by atoms with E-state index in [-0.39, 0.29) is 0 Å². The van der Waals surface area contributed by atoms with Crippen LogP contribution in [0.25, 0.3) is 0 Å². The zero-order valence-electron chi connectivity index (χ0n) is 11.3. The van der Waals surface area contributed by atoms with Gasteiger partial charge in [-0.1, -0.05) is 13.8 Å². The molecule has 0 saturated heterocycles. The summed E-state index contributed by atoms with van der Waals surface area (Å²) < 4.78 is 0. The first-order chi connectivity index (χ1) is 8.13. The highest BCUT2D eigenvalue weighted by molar-refractivity contribution is 7.10. The minimum Gasteiger partial charge on any atom is -0.330 e. The van der Waals surface area contributed by atoms with Gasteiger partial charge in [0.2, 0.25) is 0 Å². The lowest BCUT2D eigenvalue weighted by Crippen LogP contribution is -2.30. The Bertz CT molecular complexity index is 356. The molecule has 2 rings (SSSR count). The van der Waals surface area contributed by atoms with E-state index in [0.717, 1.165) is 18.4 Å². The molecule has 0 bridgehead atoms. The van der Waals surface area contributed by atoms with Gasteiger partial charge in [-0.05, 0) is 73.4 Å². The molecule has 0 spiro atoms. The van der Waals surface area contributed by atoms with E-state index < -0.39 is 0 Å². The summed E-state index contributed by atoms with van der Waals surface area (Å²) in [5.41, 5.74) is 7.55. The first-order valence-electron chi connectivity index (χ1n) is 6.87. The van der Waals surface area contributed by atoms with Gasteiger partial charge in [-0.3, -0.25) is 0 Å². The molecule has 1 saturated carbocycles. The average Bonchev–Trinajstić information content (AvgIpc) is 2.74. The van der Waals surface area contributed by atoms with Gasteiger partial charge >= 0.3 is 0 Å². The lowest BCUT2D eigenvalue weighted by molar-refractivity contribution is 0.197. The molecule has 1 aliphatic rings. The van der Waals surface area contributed by atoms with E-state index in [1.165, 1.54) is 24.1 Å². The topological polar surface area (TPSA) is 26.0 Å². The average molecular weight is 251 g/mol. The normalized spacial score (nSPS) is 29.8. The Kier molecular flexibility index (Phi) is 4.26. The first-order valence-corrected chi connectivity index (χ1v) is 7.75. The number of thiophene rings is 1. The highest BCUT2D eigenvalue weighted by Crippen LogP contribution is 2.44. The van der Waals surface area contributed by atoms with Crippen LogP contribution in [0.15, 0.2) is 11.4 Å². The van der Waals surface area contributed by atoms with E-state index in [1.807, 2.05) is 11.3 Å². The van der Waals surface area contributed by atoms with Crippen LogP contribution in [0, 0.1) is 24.7 Å². The van der Waals surface area contributed by atoms with Crippen molar-refractivity contribution in [2.45, 2.75) is 46.0 Å². The molecular weight excluding hydrogens is 226 g/mol. The maximum Gasteiger partial charge on any atom is 0.00491 e. The Labute approximate surface area is 109 Å². The van der Waals surface area contributed by atoms with Crippen LogP contribution in [0.4, 0.5) is 0 Å². The van der Waals surface area contributed by atoms with Crippen molar-refractivity contribution in [3.05, 3.63) is 21.9 Å². The summed E-state index contributed by atoms with van der Waals surface area (Å²) in [7, 11) is 0. The van der Waals surface area contributed by atoms with Gasteiger partial charge in [0.1, 0.15) is 0 Å². The van der Waals surface area contributed by atoms with Crippen molar-refractivity contribution in [2.75, 3.05) is 6.54 Å². The molecule has 1 aliphatic carbocycles. The van der Waals surface area contributed by atoms with E-state index in [4.69, 9.17) is 5.73 Å². The highest BCUT2D eigenvalue weighted by atomic mass is 32.1. The molecule has 0 aliphatic heterocycles. The molecule has 0 radical (unpaired) electrons. The molecule has 1 aromatic rings. The summed E-state index contributed by atoms with van der Waals surface area (Å²) in [6.45, 7) is 7.84. The van der Waals surface area contributed by atoms with E-state index in [2.05, 4.69) is 32.2 Å². The van der Waals surface area contributed by atoms with Crippen molar-refractivity contribution in [3.8, 4) is 0 Å². The van der Waals surface area contributed by atoms with Gasteiger partial charge in [-0.15, -0.1) is 11.3 Å². The predicted octanol–water partition coefficient (Wildman–Crippen LogP) is 4.17. The first kappa shape index (κ1) is 13.1. The minimum absolute atomic E-state index is 0.707. The van der Waals surface area contributed by atoms with Crippen LogP contribution in [-0.2, 0) is 0 Å². The summed E-state index contributed by atoms with van der Waals surface area (Å²) in [4.78, 5) is 1.50. The Morgan fingerprint density at radius 1 is 1.41 bits per heavy atom. The second-order valence-corrected chi connectivity index (χ2v) is 6.97. The fourth-order valence-electron chi connectivity index (χ4n) is 3.31. The van der Waals surface area contributed by atoms with Crippen LogP contribution in [0.2, 0.25) is 0 Å². The van der Waals surface area contributed by atoms with Crippen molar-refractivity contribution in [3.63, 3.8) is 0 Å². The predicted molar refractivity (Wildman–Crippen MR) is 76.5 cm³/mol. The van der Waals surface area contributed by atoms with Crippen molar-refractivity contribution < 1.29 is 0 Å². The summed E-state index contributed by atoms with van der Waals surface area (Å²) in [5, 5.41) is 2.23. The fraction of sp³-hybridized carbons (Fsp3) is 0.733. The molecular formula is C15H25NS. The van der Waals surface area contributed by atoms with Gasteiger partial charge < -0.3 is 5.73 Å². The molecule has 17 heavy (non-hydrogen) atoms. The largest absolute Gasteiger partial charge is 0.330 e. The molecule has 0 amide bonds. The molecule has 2 heteroatoms. The van der Waals surface area contributed by atoms with Crippen LogP contribution in [-0.4, -0.2) is 6.54 Å². The zero-order chi connectivity index (χ0) is 12.4. The van der Waals surface area contributed by atoms with Crippen molar-refractivity contribution in [1.82, 2.24) is 0 Å². The summed E-state index contributed by atoms with van der Waals surface area (Å²) in [6.07, 6.45) is 4.04. The number of aryl methyl sites for hydroxylation is 1. The third kappa shape index (κ3) is 2.74. The van der Waals surface area contributed by atoms with E-state index in [1.54, 1.807) is 5.56 Å². The molecule has 1 aromatic heterocycles. The lowest BCUT2D eigenvalue weighted by atomic mass is 9.68. The van der Waals surface area contributed by atoms with Gasteiger partial charge in [-0.2, -0.15) is 0 Å². The Hall–Kier alpha value is -0.340. The van der Waals surface area contributed by atoms with Crippen LogP contribution in [0.5, 0.6) is 0 Å². The van der Waals surface area contributed by atoms with Crippen molar-refractivity contribution in [1.29, 1.82) is 0 Å². The second-order valence-electron chi connectivity index (χ2n) is 5.85. The third-order valence-corrected chi connectivity index (χ3v) is 5.44. The zero-order valence-corrected chi connectivity index (χ0v) is 12.1. The maximum absolute atomic E-state index is 5.97. The Morgan fingerprint density at radius 3 is 2.71 bits per heavy atom. The van der Waals surface area contributed by atoms with Crippen LogP contribution in [0.3, 0.4) is 0 Å². The van der Waals surface area contributed by atoms with E-state index in [9.17, 15) is 0 Å². The van der Waals surface area contributed by atoms with Crippen molar-refractivity contribution >= 4 is 11.3 Å². The summed E-state index contributed by atoms with van der Waals surface area (Å²) in [6, 6.07) is 2.33. The van der Waals surface area contributed by atoms with Crippen molar-refractivity contribution in [2.24, 2.45) is 23.5 Å². The van der Waals surface area contributed by atoms with Crippen LogP contribution < -0.4 is 5.73 Å². The Morgan fingerprint density at radius 2 is 2.18 bits per heavy atom. The molecule has 1 heterocycles. The molecule has 3 atom stereocenters. The molecule has 3 unspecified atom stereocenters. The van der Waals surface area contributed by atoms with E-state index in [0.29, 0.717) is 11.8 Å². The number of nitrogens with two attached hydrogens (primary N) is 1. The van der Waals surface area contributed by atoms with Gasteiger partial charge in [0.25, 0.3) is 0 Å². The minimum atomic E-state index is 0.707. The molecule has 0 aromatic carbocycles. The summed E-state index contributed by atoms with van der Waals surface area (Å²) >= 11 is 1.88. The summed E-state index contributed by atoms with van der Waals surface area (Å²) in [5.74, 6) is 3.13. The SMILES string of the molecule is Cc1sccc1C1CC(C(C)C)CCC1CN. The standard InChI is InChI=1S/C15H25NS/c1-10(2)12-4-5-13(9-16)15(8-12)14-6-7-17-11(14)3/h6-7,10,12-13,15H,4-5,8-9,16H2,1-3H3. The molecule has 1 fully saturated rings. The smallest absolute Gasteiger partial charge is 0.00491 e. The van der Waals surface area contributed by atoms with Gasteiger partial charge in [-0.25, -0.2) is 0 Å². The quantitative estimate of drug-likeness (QED) is 0.857. The van der Waals surface area contributed by atoms with Gasteiger partial charge in [0.15, 0.2) is 0 Å². The third-order valence-electron chi connectivity index (χ3n) is 4.58. The number of hydrogen-bond acceptors (Lipinski definition) is 2. The maximum atomic E-state index is 5.97. The van der Waals surface area contributed by atoms with Gasteiger partial charge in [0, 0.05) is 4.88 Å². The lowest BCUT2D eigenvalue weighted by Gasteiger charge is -2.37. The number of rotatable bonds is 3. The molecule has 96 valence electrons. The van der Waals surface area contributed by atoms with Gasteiger partial charge in [0.05, 0.1) is 0 Å². The van der Waals surface area contributed by atoms with E-state index >= 15 is 0 Å².